The third-order valence-electron chi connectivity index (χ3n) is 5.31. The van der Waals surface area contributed by atoms with Gasteiger partial charge in [-0.1, -0.05) is 20.8 Å². The largest absolute Gasteiger partial charge is 0.497 e. The number of methoxy groups -OCH3 is 2. The maximum Gasteiger partial charge on any atom is 0.379 e. The zero-order valence-electron chi connectivity index (χ0n) is 17.2. The number of Topliss-reactive ketones (excluding diaryl/α,β-unsaturated/α-hetero) is 1. The van der Waals surface area contributed by atoms with Crippen LogP contribution in [0.5, 0.6) is 5.75 Å². The summed E-state index contributed by atoms with van der Waals surface area (Å²) in [5.74, 6) is -0.844. The van der Waals surface area contributed by atoms with Crippen molar-refractivity contribution in [3.05, 3.63) is 30.0 Å². The molecule has 0 fully saturated rings. The number of esters is 1. The maximum atomic E-state index is 12.4. The first-order chi connectivity index (χ1) is 12.5. The van der Waals surface area contributed by atoms with Crippen molar-refractivity contribution in [2.24, 2.45) is 0 Å². The molecule has 0 N–H and O–H groups in total. The molecule has 0 saturated carbocycles. The number of hydrogen-bond acceptors (Lipinski definition) is 5. The predicted molar refractivity (Wildman–Crippen MR) is 108 cm³/mol. The Bertz CT molecular complexity index is 848. The Morgan fingerprint density at radius 1 is 1.15 bits per heavy atom. The smallest absolute Gasteiger partial charge is 0.379 e. The Morgan fingerprint density at radius 3 is 2.37 bits per heavy atom. The van der Waals surface area contributed by atoms with E-state index in [-0.39, 0.29) is 5.04 Å². The average molecular weight is 392 g/mol. The number of fused-ring (bicyclic) bond motifs is 1. The molecule has 0 amide bonds. The zero-order valence-corrected chi connectivity index (χ0v) is 18.2. The van der Waals surface area contributed by atoms with E-state index in [4.69, 9.17) is 9.16 Å². The van der Waals surface area contributed by atoms with E-state index in [1.165, 1.54) is 7.11 Å². The van der Waals surface area contributed by atoms with Crippen LogP contribution in [0.15, 0.2) is 24.4 Å². The quantitative estimate of drug-likeness (QED) is 0.309. The van der Waals surface area contributed by atoms with Gasteiger partial charge in [-0.05, 0) is 30.3 Å². The minimum Gasteiger partial charge on any atom is -0.497 e. The molecule has 1 aromatic carbocycles. The summed E-state index contributed by atoms with van der Waals surface area (Å²) < 4.78 is 18.1. The van der Waals surface area contributed by atoms with Crippen LogP contribution in [0, 0.1) is 0 Å². The Morgan fingerprint density at radius 2 is 1.81 bits per heavy atom. The third kappa shape index (κ3) is 4.41. The number of carbonyl (C=O) groups is 2. The number of carbonyl (C=O) groups excluding carboxylic acids is 2. The molecule has 0 aliphatic carbocycles. The summed E-state index contributed by atoms with van der Waals surface area (Å²) in [5, 5.41) is 0.819. The van der Waals surface area contributed by atoms with E-state index in [0.717, 1.165) is 5.52 Å². The number of ether oxygens (including phenoxy) is 2. The normalized spacial score (nSPS) is 12.3. The first-order valence-corrected chi connectivity index (χ1v) is 11.9. The van der Waals surface area contributed by atoms with Gasteiger partial charge in [-0.25, -0.2) is 4.79 Å². The van der Waals surface area contributed by atoms with E-state index < -0.39 is 20.1 Å². The van der Waals surface area contributed by atoms with E-state index in [1.807, 2.05) is 10.6 Å². The molecule has 0 radical (unpaired) electrons. The molecule has 0 saturated heterocycles. The first kappa shape index (κ1) is 21.2. The van der Waals surface area contributed by atoms with Gasteiger partial charge in [-0.2, -0.15) is 0 Å². The second-order valence-electron chi connectivity index (χ2n) is 8.05. The molecule has 7 heteroatoms. The van der Waals surface area contributed by atoms with Crippen molar-refractivity contribution < 1.29 is 23.5 Å². The Labute approximate surface area is 161 Å². The Kier molecular flexibility index (Phi) is 6.16. The van der Waals surface area contributed by atoms with Crippen LogP contribution in [-0.4, -0.2) is 45.5 Å². The van der Waals surface area contributed by atoms with Crippen LogP contribution in [0.3, 0.4) is 0 Å². The van der Waals surface area contributed by atoms with E-state index in [0.29, 0.717) is 29.9 Å². The Balaban J connectivity index is 2.35. The summed E-state index contributed by atoms with van der Waals surface area (Å²) in [4.78, 5) is 24.1. The molecule has 2 rings (SSSR count). The molecule has 0 spiro atoms. The lowest BCUT2D eigenvalue weighted by molar-refractivity contribution is -0.135. The highest BCUT2D eigenvalue weighted by Crippen LogP contribution is 2.36. The van der Waals surface area contributed by atoms with E-state index in [9.17, 15) is 9.59 Å². The fraction of sp³-hybridized carbons (Fsp3) is 0.500. The SMILES string of the molecule is COC(=O)C(=O)c1cn(CCO[Si](C)(C)C(C)(C)C)c2cc(OC)ccc12. The summed E-state index contributed by atoms with van der Waals surface area (Å²) in [6.45, 7) is 12.1. The van der Waals surface area contributed by atoms with Crippen LogP contribution >= 0.6 is 0 Å². The average Bonchev–Trinajstić information content (AvgIpc) is 2.97. The van der Waals surface area contributed by atoms with Gasteiger partial charge in [0.2, 0.25) is 0 Å². The van der Waals surface area contributed by atoms with Crippen molar-refractivity contribution in [1.29, 1.82) is 0 Å². The predicted octanol–water partition coefficient (Wildman–Crippen LogP) is 4.03. The molecule has 2 aromatic rings. The molecule has 0 bridgehead atoms. The molecular weight excluding hydrogens is 362 g/mol. The maximum absolute atomic E-state index is 12.4. The number of ketones is 1. The summed E-state index contributed by atoms with van der Waals surface area (Å²) in [6, 6.07) is 5.41. The summed E-state index contributed by atoms with van der Waals surface area (Å²) in [5.41, 5.74) is 1.15. The number of benzene rings is 1. The molecule has 0 unspecified atom stereocenters. The van der Waals surface area contributed by atoms with Crippen LogP contribution in [-0.2, 0) is 20.5 Å². The van der Waals surface area contributed by atoms with E-state index in [1.54, 1.807) is 25.4 Å². The lowest BCUT2D eigenvalue weighted by atomic mass is 10.1. The molecule has 0 atom stereocenters. The van der Waals surface area contributed by atoms with Gasteiger partial charge >= 0.3 is 5.97 Å². The van der Waals surface area contributed by atoms with Gasteiger partial charge in [0.25, 0.3) is 5.78 Å². The van der Waals surface area contributed by atoms with E-state index >= 15 is 0 Å². The van der Waals surface area contributed by atoms with Crippen LogP contribution in [0.1, 0.15) is 31.1 Å². The molecule has 148 valence electrons. The second kappa shape index (κ2) is 7.86. The van der Waals surface area contributed by atoms with Gasteiger partial charge in [-0.15, -0.1) is 0 Å². The first-order valence-electron chi connectivity index (χ1n) is 8.95. The summed E-state index contributed by atoms with van der Waals surface area (Å²) in [6.07, 6.45) is 1.69. The standard InChI is InChI=1S/C20H29NO5Si/c1-20(2,3)27(6,7)26-11-10-21-13-16(18(22)19(23)25-5)15-9-8-14(24-4)12-17(15)21/h8-9,12-13H,10-11H2,1-7H3. The topological polar surface area (TPSA) is 66.8 Å². The third-order valence-corrected chi connectivity index (χ3v) is 9.84. The number of nitrogens with zero attached hydrogens (tertiary/aromatic N) is 1. The van der Waals surface area contributed by atoms with Gasteiger partial charge in [0, 0.05) is 24.2 Å². The Hall–Kier alpha value is -2.12. The molecule has 0 aliphatic heterocycles. The summed E-state index contributed by atoms with van der Waals surface area (Å²) in [7, 11) is 0.935. The van der Waals surface area contributed by atoms with Crippen molar-refractivity contribution in [3.63, 3.8) is 0 Å². The van der Waals surface area contributed by atoms with Gasteiger partial charge < -0.3 is 18.5 Å². The molecule has 27 heavy (non-hydrogen) atoms. The monoisotopic (exact) mass is 391 g/mol. The van der Waals surface area contributed by atoms with E-state index in [2.05, 4.69) is 38.6 Å². The molecule has 1 heterocycles. The fourth-order valence-electron chi connectivity index (χ4n) is 2.58. The van der Waals surface area contributed by atoms with Gasteiger partial charge in [0.05, 0.1) is 31.9 Å². The minimum absolute atomic E-state index is 0.126. The second-order valence-corrected chi connectivity index (χ2v) is 12.9. The van der Waals surface area contributed by atoms with Gasteiger partial charge in [-0.3, -0.25) is 4.79 Å². The van der Waals surface area contributed by atoms with Crippen molar-refractivity contribution in [2.75, 3.05) is 20.8 Å². The molecule has 6 nitrogen and oxygen atoms in total. The number of rotatable bonds is 7. The number of aromatic nitrogens is 1. The van der Waals surface area contributed by atoms with Crippen molar-refractivity contribution in [3.8, 4) is 5.75 Å². The minimum atomic E-state index is -1.86. The van der Waals surface area contributed by atoms with Gasteiger partial charge in [0.15, 0.2) is 8.32 Å². The number of hydrogen-bond donors (Lipinski definition) is 0. The fourth-order valence-corrected chi connectivity index (χ4v) is 3.62. The highest BCUT2D eigenvalue weighted by atomic mass is 28.4. The van der Waals surface area contributed by atoms with Crippen molar-refractivity contribution in [1.82, 2.24) is 4.57 Å². The van der Waals surface area contributed by atoms with Crippen LogP contribution < -0.4 is 4.74 Å². The van der Waals surface area contributed by atoms with Gasteiger partial charge in [0.1, 0.15) is 5.75 Å². The lowest BCUT2D eigenvalue weighted by Crippen LogP contribution is -2.41. The van der Waals surface area contributed by atoms with Crippen LogP contribution in [0.4, 0.5) is 0 Å². The summed E-state index contributed by atoms with van der Waals surface area (Å²) >= 11 is 0. The van der Waals surface area contributed by atoms with Crippen molar-refractivity contribution in [2.45, 2.75) is 45.4 Å². The molecule has 1 aromatic heterocycles. The highest BCUT2D eigenvalue weighted by Gasteiger charge is 2.37. The lowest BCUT2D eigenvalue weighted by Gasteiger charge is -2.36. The van der Waals surface area contributed by atoms with Crippen LogP contribution in [0.2, 0.25) is 18.1 Å². The van der Waals surface area contributed by atoms with Crippen LogP contribution in [0.25, 0.3) is 10.9 Å². The zero-order chi connectivity index (χ0) is 20.4. The molecular formula is C20H29NO5Si. The highest BCUT2D eigenvalue weighted by molar-refractivity contribution is 6.74. The van der Waals surface area contributed by atoms with Crippen molar-refractivity contribution >= 4 is 31.0 Å². The molecule has 0 aliphatic rings.